The van der Waals surface area contributed by atoms with Gasteiger partial charge in [0.2, 0.25) is 0 Å². The number of nitrogens with zero attached hydrogens (tertiary/aromatic N) is 2. The van der Waals surface area contributed by atoms with Gasteiger partial charge in [-0.05, 0) is 31.2 Å². The second kappa shape index (κ2) is 7.41. The van der Waals surface area contributed by atoms with E-state index in [1.165, 1.54) is 30.0 Å². The van der Waals surface area contributed by atoms with Gasteiger partial charge in [0, 0.05) is 43.9 Å². The van der Waals surface area contributed by atoms with Gasteiger partial charge in [-0.1, -0.05) is 12.1 Å². The fraction of sp³-hybridized carbons (Fsp3) is 0.500. The van der Waals surface area contributed by atoms with Gasteiger partial charge < -0.3 is 9.80 Å². The first-order chi connectivity index (χ1) is 11.9. The molecule has 136 valence electrons. The summed E-state index contributed by atoms with van der Waals surface area (Å²) in [5.74, 6) is -0.380. The molecule has 3 fully saturated rings. The number of benzene rings is 1. The van der Waals surface area contributed by atoms with Crippen molar-refractivity contribution in [2.75, 3.05) is 32.4 Å². The van der Waals surface area contributed by atoms with Gasteiger partial charge in [0.05, 0.1) is 10.6 Å². The largest absolute Gasteiger partial charge is 0.416 e. The lowest BCUT2D eigenvalue weighted by Crippen LogP contribution is -2.37. The first-order valence-electron chi connectivity index (χ1n) is 8.35. The van der Waals surface area contributed by atoms with Crippen molar-refractivity contribution in [3.63, 3.8) is 0 Å². The Bertz CT molecular complexity index is 667. The average molecular weight is 370 g/mol. The maximum absolute atomic E-state index is 12.9. The van der Waals surface area contributed by atoms with Gasteiger partial charge in [0.1, 0.15) is 0 Å². The van der Waals surface area contributed by atoms with E-state index in [1.54, 1.807) is 0 Å². The van der Waals surface area contributed by atoms with Crippen molar-refractivity contribution in [1.29, 1.82) is 0 Å². The highest BCUT2D eigenvalue weighted by atomic mass is 32.2. The number of thioether (sulfide) groups is 1. The zero-order valence-electron chi connectivity index (χ0n) is 14.1. The number of hydrogen-bond acceptors (Lipinski definition) is 4. The molecule has 0 spiro atoms. The van der Waals surface area contributed by atoms with Crippen molar-refractivity contribution >= 4 is 17.5 Å². The third kappa shape index (κ3) is 4.20. The van der Waals surface area contributed by atoms with Gasteiger partial charge in [-0.2, -0.15) is 13.2 Å². The van der Waals surface area contributed by atoms with E-state index < -0.39 is 11.7 Å². The van der Waals surface area contributed by atoms with Crippen LogP contribution in [0.5, 0.6) is 0 Å². The van der Waals surface area contributed by atoms with Crippen molar-refractivity contribution in [2.45, 2.75) is 25.1 Å². The number of carbonyl (C=O) groups excluding carboxylic acids is 1. The van der Waals surface area contributed by atoms with Crippen molar-refractivity contribution < 1.29 is 18.0 Å². The Morgan fingerprint density at radius 2 is 1.92 bits per heavy atom. The molecule has 0 unspecified atom stereocenters. The smallest absolute Gasteiger partial charge is 0.362 e. The summed E-state index contributed by atoms with van der Waals surface area (Å²) in [5.41, 5.74) is -0.720. The van der Waals surface area contributed by atoms with Gasteiger partial charge in [-0.3, -0.25) is 4.79 Å². The predicted octanol–water partition coefficient (Wildman–Crippen LogP) is 3.87. The molecule has 3 nitrogen and oxygen atoms in total. The molecule has 3 heterocycles. The van der Waals surface area contributed by atoms with Crippen LogP contribution in [-0.4, -0.2) is 54.1 Å². The molecule has 3 saturated heterocycles. The Balaban J connectivity index is 1.83. The van der Waals surface area contributed by atoms with Crippen LogP contribution in [0.1, 0.15) is 28.8 Å². The molecule has 0 N–H and O–H groups in total. The molecular weight excluding hydrogens is 349 g/mol. The Kier molecular flexibility index (Phi) is 5.43. The summed E-state index contributed by atoms with van der Waals surface area (Å²) in [6.45, 7) is 3.97. The topological polar surface area (TPSA) is 23.6 Å². The first kappa shape index (κ1) is 18.3. The van der Waals surface area contributed by atoms with Crippen molar-refractivity contribution in [1.82, 2.24) is 9.80 Å². The number of halogens is 3. The number of piperidine rings is 1. The molecule has 0 amide bonds. The molecule has 1 aromatic rings. The molecule has 0 atom stereocenters. The summed E-state index contributed by atoms with van der Waals surface area (Å²) in [7, 11) is 0. The Morgan fingerprint density at radius 1 is 1.20 bits per heavy atom. The summed E-state index contributed by atoms with van der Waals surface area (Å²) in [4.78, 5) is 17.2. The molecule has 25 heavy (non-hydrogen) atoms. The van der Waals surface area contributed by atoms with E-state index in [9.17, 15) is 18.0 Å². The minimum Gasteiger partial charge on any atom is -0.362 e. The molecule has 3 aliphatic heterocycles. The van der Waals surface area contributed by atoms with Crippen LogP contribution < -0.4 is 0 Å². The molecule has 7 heteroatoms. The Hall–Kier alpha value is -1.47. The van der Waals surface area contributed by atoms with Crippen molar-refractivity contribution in [3.8, 4) is 0 Å². The number of ketones is 1. The SMILES string of the molecule is CS/C(=C\C(=O)c1cccc(C(F)(F)F)c1)N1CCN2CCC1CC2. The number of carbonyl (C=O) groups is 1. The maximum atomic E-state index is 12.9. The summed E-state index contributed by atoms with van der Waals surface area (Å²) in [6.07, 6.45) is 1.09. The molecule has 0 saturated carbocycles. The fourth-order valence-electron chi connectivity index (χ4n) is 3.48. The highest BCUT2D eigenvalue weighted by Gasteiger charge is 2.32. The first-order valence-corrected chi connectivity index (χ1v) is 9.57. The van der Waals surface area contributed by atoms with Gasteiger partial charge in [0.25, 0.3) is 0 Å². The van der Waals surface area contributed by atoms with Crippen LogP contribution >= 0.6 is 11.8 Å². The highest BCUT2D eigenvalue weighted by molar-refractivity contribution is 8.02. The average Bonchev–Trinajstić information content (AvgIpc) is 2.93. The summed E-state index contributed by atoms with van der Waals surface area (Å²) in [6, 6.07) is 5.04. The number of allylic oxidation sites excluding steroid dienone is 1. The van der Waals surface area contributed by atoms with E-state index in [0.717, 1.165) is 56.2 Å². The van der Waals surface area contributed by atoms with Gasteiger partial charge in [0.15, 0.2) is 5.78 Å². The van der Waals surface area contributed by atoms with Crippen LogP contribution in [-0.2, 0) is 6.18 Å². The third-order valence-corrected chi connectivity index (χ3v) is 5.65. The summed E-state index contributed by atoms with van der Waals surface area (Å²) < 4.78 is 38.6. The quantitative estimate of drug-likeness (QED) is 0.593. The molecule has 0 radical (unpaired) electrons. The van der Waals surface area contributed by atoms with E-state index >= 15 is 0 Å². The van der Waals surface area contributed by atoms with E-state index in [2.05, 4.69) is 9.80 Å². The highest BCUT2D eigenvalue weighted by Crippen LogP contribution is 2.31. The van der Waals surface area contributed by atoms with Crippen LogP contribution in [0.3, 0.4) is 0 Å². The van der Waals surface area contributed by atoms with Crippen LogP contribution in [0, 0.1) is 0 Å². The molecule has 0 aliphatic carbocycles. The molecular formula is C18H21F3N2OS. The molecule has 3 aliphatic rings. The van der Waals surface area contributed by atoms with Gasteiger partial charge >= 0.3 is 6.18 Å². The monoisotopic (exact) mass is 370 g/mol. The van der Waals surface area contributed by atoms with Crippen molar-refractivity contribution in [2.24, 2.45) is 0 Å². The van der Waals surface area contributed by atoms with Crippen LogP contribution in [0.15, 0.2) is 35.4 Å². The minimum atomic E-state index is -4.44. The molecule has 4 rings (SSSR count). The van der Waals surface area contributed by atoms with E-state index in [-0.39, 0.29) is 11.3 Å². The van der Waals surface area contributed by atoms with E-state index in [4.69, 9.17) is 0 Å². The lowest BCUT2D eigenvalue weighted by Gasteiger charge is -2.33. The number of fused-ring (bicyclic) bond motifs is 4. The van der Waals surface area contributed by atoms with Crippen LogP contribution in [0.2, 0.25) is 0 Å². The lowest BCUT2D eigenvalue weighted by atomic mass is 10.0. The lowest BCUT2D eigenvalue weighted by molar-refractivity contribution is -0.137. The fourth-order valence-corrected chi connectivity index (χ4v) is 4.18. The zero-order valence-corrected chi connectivity index (χ0v) is 14.9. The number of alkyl halides is 3. The number of rotatable bonds is 4. The predicted molar refractivity (Wildman–Crippen MR) is 93.5 cm³/mol. The van der Waals surface area contributed by atoms with Crippen LogP contribution in [0.4, 0.5) is 13.2 Å². The Morgan fingerprint density at radius 3 is 2.56 bits per heavy atom. The van der Waals surface area contributed by atoms with E-state index in [0.29, 0.717) is 6.04 Å². The molecule has 1 aromatic carbocycles. The van der Waals surface area contributed by atoms with Crippen LogP contribution in [0.25, 0.3) is 0 Å². The van der Waals surface area contributed by atoms with Gasteiger partial charge in [-0.25, -0.2) is 0 Å². The zero-order chi connectivity index (χ0) is 18.0. The van der Waals surface area contributed by atoms with Crippen molar-refractivity contribution in [3.05, 3.63) is 46.5 Å². The summed E-state index contributed by atoms with van der Waals surface area (Å²) in [5, 5.41) is 0.844. The van der Waals surface area contributed by atoms with E-state index in [1.807, 2.05) is 6.26 Å². The summed E-state index contributed by atoms with van der Waals surface area (Å²) >= 11 is 1.48. The standard InChI is InChI=1S/C18H21F3N2OS/c1-25-17(23-10-9-22-7-5-15(23)6-8-22)12-16(24)13-3-2-4-14(11-13)18(19,20)21/h2-4,11-12,15H,5-10H2,1H3/b17-12-. The second-order valence-electron chi connectivity index (χ2n) is 6.40. The third-order valence-electron chi connectivity index (χ3n) is 4.88. The maximum Gasteiger partial charge on any atom is 0.416 e. The Labute approximate surface area is 149 Å². The number of hydrogen-bond donors (Lipinski definition) is 0. The second-order valence-corrected chi connectivity index (χ2v) is 7.22. The molecule has 2 bridgehead atoms. The normalized spacial score (nSPS) is 24.3. The molecule has 0 aromatic heterocycles. The minimum absolute atomic E-state index is 0.0734. The van der Waals surface area contributed by atoms with Gasteiger partial charge in [-0.15, -0.1) is 11.8 Å².